The molecule has 4 saturated carbocycles. The number of ether oxygens (including phenoxy) is 1. The van der Waals surface area contributed by atoms with Gasteiger partial charge in [0.2, 0.25) is 0 Å². The van der Waals surface area contributed by atoms with Gasteiger partial charge in [0.1, 0.15) is 0 Å². The molecule has 6 rings (SSSR count). The Morgan fingerprint density at radius 3 is 2.59 bits per heavy atom. The number of rotatable bonds is 5. The highest BCUT2D eigenvalue weighted by molar-refractivity contribution is 7.08. The van der Waals surface area contributed by atoms with Gasteiger partial charge in [-0.1, -0.05) is 13.8 Å². The van der Waals surface area contributed by atoms with Crippen molar-refractivity contribution in [2.45, 2.75) is 102 Å². The Morgan fingerprint density at radius 2 is 1.82 bits per heavy atom. The van der Waals surface area contributed by atoms with Crippen LogP contribution in [0, 0.1) is 28.6 Å². The molecule has 0 aromatic carbocycles. The Hall–Kier alpha value is -0.460. The monoisotopic (exact) mass is 487 g/mol. The minimum absolute atomic E-state index is 0.303. The highest BCUT2D eigenvalue weighted by atomic mass is 32.1. The van der Waals surface area contributed by atoms with Gasteiger partial charge >= 0.3 is 0 Å². The van der Waals surface area contributed by atoms with Crippen molar-refractivity contribution >= 4 is 11.3 Å². The van der Waals surface area contributed by atoms with E-state index in [1.807, 2.05) is 0 Å². The molecule has 0 amide bonds. The Balaban J connectivity index is 1.16. The van der Waals surface area contributed by atoms with Gasteiger partial charge in [0.05, 0.1) is 23.9 Å². The molecular weight excluding hydrogens is 442 g/mol. The van der Waals surface area contributed by atoms with Crippen LogP contribution in [0.15, 0.2) is 16.8 Å². The average Bonchev–Trinajstić information content (AvgIpc) is 3.57. The molecule has 5 fully saturated rings. The number of thiophene rings is 1. The normalized spacial score (nSPS) is 48.9. The molecule has 0 spiro atoms. The van der Waals surface area contributed by atoms with Crippen molar-refractivity contribution in [1.82, 2.24) is 4.90 Å². The Morgan fingerprint density at radius 1 is 1.00 bits per heavy atom. The van der Waals surface area contributed by atoms with Crippen molar-refractivity contribution in [2.75, 3.05) is 26.2 Å². The highest BCUT2D eigenvalue weighted by Gasteiger charge is 2.72. The van der Waals surface area contributed by atoms with Crippen LogP contribution in [0.3, 0.4) is 0 Å². The molecule has 1 aromatic heterocycles. The summed E-state index contributed by atoms with van der Waals surface area (Å²) in [5.74, 6) is 1.59. The van der Waals surface area contributed by atoms with Crippen LogP contribution in [0.2, 0.25) is 0 Å². The van der Waals surface area contributed by atoms with E-state index in [2.05, 4.69) is 35.6 Å². The lowest BCUT2D eigenvalue weighted by atomic mass is 9.43. The van der Waals surface area contributed by atoms with Crippen molar-refractivity contribution in [3.63, 3.8) is 0 Å². The van der Waals surface area contributed by atoms with Crippen LogP contribution in [0.1, 0.15) is 90.0 Å². The van der Waals surface area contributed by atoms with Gasteiger partial charge in [-0.15, -0.1) is 0 Å². The second kappa shape index (κ2) is 8.55. The molecule has 1 saturated heterocycles. The van der Waals surface area contributed by atoms with Crippen LogP contribution >= 0.6 is 11.3 Å². The molecule has 4 aliphatic carbocycles. The van der Waals surface area contributed by atoms with Crippen molar-refractivity contribution in [2.24, 2.45) is 28.6 Å². The van der Waals surface area contributed by atoms with Gasteiger partial charge in [0.25, 0.3) is 0 Å². The van der Waals surface area contributed by atoms with Crippen LogP contribution < -0.4 is 0 Å². The smallest absolute Gasteiger partial charge is 0.0986 e. The van der Waals surface area contributed by atoms with Crippen molar-refractivity contribution < 1.29 is 14.9 Å². The number of hydrogen-bond donors (Lipinski definition) is 2. The Bertz CT molecular complexity index is 871. The second-order valence-corrected chi connectivity index (χ2v) is 13.8. The second-order valence-electron chi connectivity index (χ2n) is 13.0. The summed E-state index contributed by atoms with van der Waals surface area (Å²) in [7, 11) is 0. The minimum Gasteiger partial charge on any atom is -0.389 e. The first-order valence-corrected chi connectivity index (χ1v) is 15.1. The minimum atomic E-state index is -0.898. The van der Waals surface area contributed by atoms with Gasteiger partial charge in [-0.05, 0) is 129 Å². The third kappa shape index (κ3) is 3.36. The number of fused-ring (bicyclic) bond motifs is 5. The summed E-state index contributed by atoms with van der Waals surface area (Å²) >= 11 is 1.66. The standard InChI is InChI=1S/C29H45NO3S/c1-26-10-7-23(33-17-16-30-14-3-4-15-30)19-21(26)5-6-25-24(26)8-11-27(2)28(31,12-13-29(25,27)32)22-9-18-34-20-22/h9,18,20-21,23-25,31-32H,3-8,10-17,19H2,1-2H3/t21-,23+,24+,25-,26+,27-,28+,29+/m1/s1. The van der Waals surface area contributed by atoms with E-state index in [4.69, 9.17) is 4.74 Å². The fraction of sp³-hybridized carbons (Fsp3) is 0.862. The molecule has 0 bridgehead atoms. The zero-order chi connectivity index (χ0) is 23.6. The van der Waals surface area contributed by atoms with Crippen LogP contribution in [-0.4, -0.2) is 53.1 Å². The number of nitrogens with zero attached hydrogens (tertiary/aromatic N) is 1. The van der Waals surface area contributed by atoms with E-state index < -0.39 is 16.6 Å². The molecule has 34 heavy (non-hydrogen) atoms. The first kappa shape index (κ1) is 23.9. The summed E-state index contributed by atoms with van der Waals surface area (Å²) < 4.78 is 6.43. The van der Waals surface area contributed by atoms with Gasteiger partial charge in [-0.3, -0.25) is 0 Å². The fourth-order valence-electron chi connectivity index (χ4n) is 9.67. The molecular formula is C29H45NO3S. The number of likely N-dealkylation sites (tertiary alicyclic amines) is 1. The summed E-state index contributed by atoms with van der Waals surface area (Å²) in [5.41, 5.74) is -0.783. The third-order valence-electron chi connectivity index (χ3n) is 11.9. The Labute approximate surface area is 210 Å². The maximum absolute atomic E-state index is 12.4. The van der Waals surface area contributed by atoms with E-state index in [0.29, 0.717) is 35.7 Å². The molecule has 8 atom stereocenters. The first-order chi connectivity index (χ1) is 16.3. The molecule has 5 aliphatic rings. The largest absolute Gasteiger partial charge is 0.389 e. The van der Waals surface area contributed by atoms with Gasteiger partial charge in [0, 0.05) is 12.0 Å². The molecule has 2 heterocycles. The van der Waals surface area contributed by atoms with E-state index >= 15 is 0 Å². The molecule has 2 N–H and O–H groups in total. The van der Waals surface area contributed by atoms with Gasteiger partial charge in [-0.2, -0.15) is 11.3 Å². The zero-order valence-electron chi connectivity index (χ0n) is 21.3. The van der Waals surface area contributed by atoms with E-state index in [1.165, 1.54) is 51.6 Å². The third-order valence-corrected chi connectivity index (χ3v) is 12.6. The predicted octanol–water partition coefficient (Wildman–Crippen LogP) is 5.57. The average molecular weight is 488 g/mol. The summed E-state index contributed by atoms with van der Waals surface area (Å²) in [6.07, 6.45) is 12.5. The van der Waals surface area contributed by atoms with E-state index in [-0.39, 0.29) is 0 Å². The Kier molecular flexibility index (Phi) is 6.01. The van der Waals surface area contributed by atoms with Gasteiger partial charge in [0.15, 0.2) is 0 Å². The maximum atomic E-state index is 12.4. The van der Waals surface area contributed by atoms with Crippen LogP contribution in [-0.2, 0) is 10.3 Å². The molecule has 0 radical (unpaired) electrons. The van der Waals surface area contributed by atoms with E-state index in [9.17, 15) is 10.2 Å². The molecule has 1 aliphatic heterocycles. The fourth-order valence-corrected chi connectivity index (χ4v) is 10.4. The van der Waals surface area contributed by atoms with Crippen LogP contribution in [0.5, 0.6) is 0 Å². The lowest BCUT2D eigenvalue weighted by Gasteiger charge is -2.64. The van der Waals surface area contributed by atoms with Crippen molar-refractivity contribution in [3.8, 4) is 0 Å². The van der Waals surface area contributed by atoms with Crippen LogP contribution in [0.4, 0.5) is 0 Å². The van der Waals surface area contributed by atoms with Crippen molar-refractivity contribution in [1.29, 1.82) is 0 Å². The zero-order valence-corrected chi connectivity index (χ0v) is 22.1. The predicted molar refractivity (Wildman–Crippen MR) is 137 cm³/mol. The summed E-state index contributed by atoms with van der Waals surface area (Å²) in [5, 5.41) is 28.5. The molecule has 190 valence electrons. The van der Waals surface area contributed by atoms with Gasteiger partial charge < -0.3 is 19.8 Å². The van der Waals surface area contributed by atoms with Crippen molar-refractivity contribution in [3.05, 3.63) is 22.4 Å². The summed E-state index contributed by atoms with van der Waals surface area (Å²) in [6, 6.07) is 2.08. The first-order valence-electron chi connectivity index (χ1n) is 14.1. The number of aliphatic hydroxyl groups is 2. The SMILES string of the molecule is C[C@]12CC[C@H](OCCN3CCCC3)C[C@H]1CC[C@@H]1[C@@H]2CC[C@]2(C)[C@@](O)(c3ccsc3)CC[C@]12O. The van der Waals surface area contributed by atoms with E-state index in [0.717, 1.165) is 44.4 Å². The lowest BCUT2D eigenvalue weighted by Crippen LogP contribution is -2.64. The molecule has 4 nitrogen and oxygen atoms in total. The summed E-state index contributed by atoms with van der Waals surface area (Å²) in [6.45, 7) is 9.23. The van der Waals surface area contributed by atoms with E-state index in [1.54, 1.807) is 11.3 Å². The quantitative estimate of drug-likeness (QED) is 0.570. The lowest BCUT2D eigenvalue weighted by molar-refractivity contribution is -0.239. The highest BCUT2D eigenvalue weighted by Crippen LogP contribution is 2.71. The van der Waals surface area contributed by atoms with Gasteiger partial charge in [-0.25, -0.2) is 0 Å². The molecule has 5 heteroatoms. The summed E-state index contributed by atoms with van der Waals surface area (Å²) in [4.78, 5) is 2.55. The maximum Gasteiger partial charge on any atom is 0.0986 e. The topological polar surface area (TPSA) is 52.9 Å². The van der Waals surface area contributed by atoms with Crippen LogP contribution in [0.25, 0.3) is 0 Å². The molecule has 1 aromatic rings. The number of hydrogen-bond acceptors (Lipinski definition) is 5. The molecule has 0 unspecified atom stereocenters.